The largest absolute Gasteiger partial charge is 0.496 e. The van der Waals surface area contributed by atoms with E-state index in [0.29, 0.717) is 0 Å². The van der Waals surface area contributed by atoms with Gasteiger partial charge in [0.2, 0.25) is 0 Å². The van der Waals surface area contributed by atoms with E-state index in [1.165, 1.54) is 21.8 Å². The van der Waals surface area contributed by atoms with E-state index >= 15 is 0 Å². The summed E-state index contributed by atoms with van der Waals surface area (Å²) in [6.45, 7) is 3.25. The van der Waals surface area contributed by atoms with Gasteiger partial charge >= 0.3 is 0 Å². The van der Waals surface area contributed by atoms with Crippen molar-refractivity contribution in [3.63, 3.8) is 0 Å². The van der Waals surface area contributed by atoms with Gasteiger partial charge in [-0.15, -0.1) is 0 Å². The Kier molecular flexibility index (Phi) is 2.71. The van der Waals surface area contributed by atoms with Gasteiger partial charge in [-0.05, 0) is 24.6 Å². The van der Waals surface area contributed by atoms with Gasteiger partial charge in [-0.25, -0.2) is 0 Å². The number of nitrogens with zero attached hydrogens (tertiary/aromatic N) is 1. The van der Waals surface area contributed by atoms with Gasteiger partial charge < -0.3 is 9.30 Å². The van der Waals surface area contributed by atoms with Crippen molar-refractivity contribution in [2.24, 2.45) is 0 Å². The first-order valence-electron chi connectivity index (χ1n) is 6.40. The molecule has 0 spiro atoms. The smallest absolute Gasteiger partial charge is 0.128 e. The van der Waals surface area contributed by atoms with Crippen molar-refractivity contribution in [3.8, 4) is 5.75 Å². The molecule has 0 saturated carbocycles. The molecule has 18 heavy (non-hydrogen) atoms. The van der Waals surface area contributed by atoms with Gasteiger partial charge in [-0.3, -0.25) is 0 Å². The van der Waals surface area contributed by atoms with Crippen molar-refractivity contribution in [1.29, 1.82) is 0 Å². The Morgan fingerprint density at radius 2 is 1.78 bits per heavy atom. The molecule has 0 aliphatic carbocycles. The Morgan fingerprint density at radius 1 is 1.00 bits per heavy atom. The quantitative estimate of drug-likeness (QED) is 0.667. The SMILES string of the molecule is CCCn1c2ccccc2c2c(OC)cccc21. The van der Waals surface area contributed by atoms with Crippen molar-refractivity contribution >= 4 is 21.8 Å². The lowest BCUT2D eigenvalue weighted by Gasteiger charge is -2.05. The maximum atomic E-state index is 5.51. The van der Waals surface area contributed by atoms with Crippen LogP contribution >= 0.6 is 0 Å². The Labute approximate surface area is 107 Å². The summed E-state index contributed by atoms with van der Waals surface area (Å²) in [5, 5.41) is 2.50. The third kappa shape index (κ3) is 1.49. The topological polar surface area (TPSA) is 14.2 Å². The van der Waals surface area contributed by atoms with Crippen LogP contribution in [-0.4, -0.2) is 11.7 Å². The molecule has 2 nitrogen and oxygen atoms in total. The molecular weight excluding hydrogens is 222 g/mol. The summed E-state index contributed by atoms with van der Waals surface area (Å²) in [7, 11) is 1.74. The van der Waals surface area contributed by atoms with E-state index in [1.807, 2.05) is 6.07 Å². The highest BCUT2D eigenvalue weighted by Gasteiger charge is 2.12. The molecule has 0 bridgehead atoms. The van der Waals surface area contributed by atoms with E-state index < -0.39 is 0 Å². The van der Waals surface area contributed by atoms with E-state index in [-0.39, 0.29) is 0 Å². The summed E-state index contributed by atoms with van der Waals surface area (Å²) in [4.78, 5) is 0. The number of rotatable bonds is 3. The average Bonchev–Trinajstić information content (AvgIpc) is 2.74. The van der Waals surface area contributed by atoms with Crippen molar-refractivity contribution in [2.45, 2.75) is 19.9 Å². The van der Waals surface area contributed by atoms with Crippen LogP contribution in [0.4, 0.5) is 0 Å². The molecule has 3 aromatic rings. The van der Waals surface area contributed by atoms with Gasteiger partial charge in [-0.2, -0.15) is 0 Å². The molecule has 92 valence electrons. The lowest BCUT2D eigenvalue weighted by molar-refractivity contribution is 0.420. The van der Waals surface area contributed by atoms with Gasteiger partial charge in [0.15, 0.2) is 0 Å². The number of ether oxygens (including phenoxy) is 1. The summed E-state index contributed by atoms with van der Waals surface area (Å²) in [5.74, 6) is 0.957. The molecule has 2 aromatic carbocycles. The fourth-order valence-corrected chi connectivity index (χ4v) is 2.70. The molecule has 1 aromatic heterocycles. The van der Waals surface area contributed by atoms with Crippen molar-refractivity contribution < 1.29 is 4.74 Å². The zero-order valence-electron chi connectivity index (χ0n) is 10.8. The Balaban J connectivity index is 2.49. The first-order valence-corrected chi connectivity index (χ1v) is 6.40. The second-order valence-electron chi connectivity index (χ2n) is 4.52. The molecular formula is C16H17NO. The highest BCUT2D eigenvalue weighted by atomic mass is 16.5. The third-order valence-electron chi connectivity index (χ3n) is 3.43. The number of hydrogen-bond donors (Lipinski definition) is 0. The standard InChI is InChI=1S/C16H17NO/c1-3-11-17-13-8-5-4-7-12(13)16-14(17)9-6-10-15(16)18-2/h4-10H,3,11H2,1-2H3. The molecule has 0 fully saturated rings. The lowest BCUT2D eigenvalue weighted by atomic mass is 10.1. The van der Waals surface area contributed by atoms with Crippen molar-refractivity contribution in [1.82, 2.24) is 4.57 Å². The van der Waals surface area contributed by atoms with Gasteiger partial charge in [0.1, 0.15) is 5.75 Å². The van der Waals surface area contributed by atoms with Crippen LogP contribution in [-0.2, 0) is 6.54 Å². The zero-order valence-corrected chi connectivity index (χ0v) is 10.8. The molecule has 1 heterocycles. The van der Waals surface area contributed by atoms with Crippen LogP contribution in [0.5, 0.6) is 5.75 Å². The number of methoxy groups -OCH3 is 1. The molecule has 0 radical (unpaired) electrons. The van der Waals surface area contributed by atoms with Crippen LogP contribution in [0.2, 0.25) is 0 Å². The van der Waals surface area contributed by atoms with Crippen LogP contribution in [0.15, 0.2) is 42.5 Å². The number of benzene rings is 2. The average molecular weight is 239 g/mol. The minimum atomic E-state index is 0.957. The fourth-order valence-electron chi connectivity index (χ4n) is 2.70. The van der Waals surface area contributed by atoms with Gasteiger partial charge in [-0.1, -0.05) is 31.2 Å². The van der Waals surface area contributed by atoms with Crippen LogP contribution in [0.25, 0.3) is 21.8 Å². The third-order valence-corrected chi connectivity index (χ3v) is 3.43. The Hall–Kier alpha value is -1.96. The summed E-state index contributed by atoms with van der Waals surface area (Å²) in [6.07, 6.45) is 1.13. The van der Waals surface area contributed by atoms with E-state index in [2.05, 4.69) is 47.9 Å². The Bertz CT molecular complexity index is 697. The molecule has 0 unspecified atom stereocenters. The molecule has 0 aliphatic rings. The number of aromatic nitrogens is 1. The van der Waals surface area contributed by atoms with Crippen LogP contribution in [0.1, 0.15) is 13.3 Å². The maximum absolute atomic E-state index is 5.51. The lowest BCUT2D eigenvalue weighted by Crippen LogP contribution is -1.95. The molecule has 0 N–H and O–H groups in total. The minimum absolute atomic E-state index is 0.957. The van der Waals surface area contributed by atoms with E-state index in [9.17, 15) is 0 Å². The van der Waals surface area contributed by atoms with Crippen molar-refractivity contribution in [3.05, 3.63) is 42.5 Å². The molecule has 0 aliphatic heterocycles. The number of para-hydroxylation sites is 1. The summed E-state index contributed by atoms with van der Waals surface area (Å²) in [6, 6.07) is 14.8. The van der Waals surface area contributed by atoms with E-state index in [1.54, 1.807) is 7.11 Å². The molecule has 0 atom stereocenters. The number of aryl methyl sites for hydroxylation is 1. The first-order chi connectivity index (χ1) is 8.86. The molecule has 2 heteroatoms. The first kappa shape index (κ1) is 11.1. The van der Waals surface area contributed by atoms with E-state index in [0.717, 1.165) is 18.7 Å². The predicted molar refractivity (Wildman–Crippen MR) is 76.3 cm³/mol. The van der Waals surface area contributed by atoms with Crippen molar-refractivity contribution in [2.75, 3.05) is 7.11 Å². The maximum Gasteiger partial charge on any atom is 0.128 e. The molecule has 3 rings (SSSR count). The summed E-state index contributed by atoms with van der Waals surface area (Å²) < 4.78 is 7.90. The van der Waals surface area contributed by atoms with Gasteiger partial charge in [0.05, 0.1) is 12.6 Å². The molecule has 0 amide bonds. The number of hydrogen-bond acceptors (Lipinski definition) is 1. The monoisotopic (exact) mass is 239 g/mol. The Morgan fingerprint density at radius 3 is 2.56 bits per heavy atom. The van der Waals surface area contributed by atoms with Crippen LogP contribution < -0.4 is 4.74 Å². The fraction of sp³-hybridized carbons (Fsp3) is 0.250. The summed E-state index contributed by atoms with van der Waals surface area (Å²) in [5.41, 5.74) is 2.55. The second-order valence-corrected chi connectivity index (χ2v) is 4.52. The van der Waals surface area contributed by atoms with E-state index in [4.69, 9.17) is 4.74 Å². The number of fused-ring (bicyclic) bond motifs is 3. The molecule has 0 saturated heterocycles. The zero-order chi connectivity index (χ0) is 12.5. The van der Waals surface area contributed by atoms with Crippen LogP contribution in [0, 0.1) is 0 Å². The highest BCUT2D eigenvalue weighted by molar-refractivity contribution is 6.11. The van der Waals surface area contributed by atoms with Gasteiger partial charge in [0, 0.05) is 22.8 Å². The summed E-state index contributed by atoms with van der Waals surface area (Å²) >= 11 is 0. The van der Waals surface area contributed by atoms with Gasteiger partial charge in [0.25, 0.3) is 0 Å². The minimum Gasteiger partial charge on any atom is -0.496 e. The normalized spacial score (nSPS) is 11.2. The second kappa shape index (κ2) is 4.37. The predicted octanol–water partition coefficient (Wildman–Crippen LogP) is 4.21. The van der Waals surface area contributed by atoms with Crippen LogP contribution in [0.3, 0.4) is 0 Å². The highest BCUT2D eigenvalue weighted by Crippen LogP contribution is 2.35.